The van der Waals surface area contributed by atoms with Crippen LogP contribution in [0.25, 0.3) is 0 Å². The molecule has 1 amide bonds. The molecule has 6 heteroatoms. The number of hydrogen-bond acceptors (Lipinski definition) is 2. The van der Waals surface area contributed by atoms with E-state index in [0.29, 0.717) is 13.1 Å². The number of rotatable bonds is 5. The molecule has 2 aromatic carbocycles. The first kappa shape index (κ1) is 17.4. The zero-order valence-corrected chi connectivity index (χ0v) is 14.0. The van der Waals surface area contributed by atoms with Gasteiger partial charge >= 0.3 is 0 Å². The fourth-order valence-corrected chi connectivity index (χ4v) is 3.00. The number of hydrogen-bond donors (Lipinski definition) is 2. The SMILES string of the molecule is O=C(C[NH+]1CCN(c2ccc(F)cc2)CC1)NCc1ccc(F)cc1. The van der Waals surface area contributed by atoms with Gasteiger partial charge < -0.3 is 15.1 Å². The Morgan fingerprint density at radius 2 is 1.52 bits per heavy atom. The smallest absolute Gasteiger partial charge is 0.275 e. The molecule has 0 bridgehead atoms. The van der Waals surface area contributed by atoms with Gasteiger partial charge in [0.25, 0.3) is 5.91 Å². The van der Waals surface area contributed by atoms with Gasteiger partial charge in [0.1, 0.15) is 11.6 Å². The molecular formula is C19H22F2N3O+. The van der Waals surface area contributed by atoms with E-state index in [-0.39, 0.29) is 17.5 Å². The van der Waals surface area contributed by atoms with Gasteiger partial charge in [-0.05, 0) is 42.0 Å². The first-order chi connectivity index (χ1) is 12.1. The predicted molar refractivity (Wildman–Crippen MR) is 92.4 cm³/mol. The lowest BCUT2D eigenvalue weighted by Crippen LogP contribution is -3.15. The molecule has 0 saturated carbocycles. The Balaban J connectivity index is 1.41. The molecule has 132 valence electrons. The van der Waals surface area contributed by atoms with Crippen molar-refractivity contribution in [3.8, 4) is 0 Å². The van der Waals surface area contributed by atoms with Crippen LogP contribution in [0.15, 0.2) is 48.5 Å². The van der Waals surface area contributed by atoms with Crippen molar-refractivity contribution in [2.24, 2.45) is 0 Å². The number of quaternary nitrogens is 1. The van der Waals surface area contributed by atoms with Gasteiger partial charge in [-0.15, -0.1) is 0 Å². The normalized spacial score (nSPS) is 15.2. The number of piperazine rings is 1. The Bertz CT molecular complexity index is 696. The van der Waals surface area contributed by atoms with Crippen LogP contribution in [0.3, 0.4) is 0 Å². The van der Waals surface area contributed by atoms with Crippen LogP contribution in [0, 0.1) is 11.6 Å². The fraction of sp³-hybridized carbons (Fsp3) is 0.316. The monoisotopic (exact) mass is 346 g/mol. The highest BCUT2D eigenvalue weighted by Crippen LogP contribution is 2.14. The van der Waals surface area contributed by atoms with Gasteiger partial charge in [-0.3, -0.25) is 4.79 Å². The Labute approximate surface area is 146 Å². The summed E-state index contributed by atoms with van der Waals surface area (Å²) in [6, 6.07) is 12.6. The molecule has 3 rings (SSSR count). The summed E-state index contributed by atoms with van der Waals surface area (Å²) < 4.78 is 25.8. The van der Waals surface area contributed by atoms with E-state index in [2.05, 4.69) is 10.2 Å². The highest BCUT2D eigenvalue weighted by molar-refractivity contribution is 5.76. The average Bonchev–Trinajstić information content (AvgIpc) is 2.63. The number of benzene rings is 2. The van der Waals surface area contributed by atoms with Crippen LogP contribution >= 0.6 is 0 Å². The molecule has 1 saturated heterocycles. The molecular weight excluding hydrogens is 324 g/mol. The highest BCUT2D eigenvalue weighted by atomic mass is 19.1. The molecule has 2 aromatic rings. The predicted octanol–water partition coefficient (Wildman–Crippen LogP) is 0.986. The van der Waals surface area contributed by atoms with E-state index in [1.165, 1.54) is 29.2 Å². The lowest BCUT2D eigenvalue weighted by atomic mass is 10.2. The van der Waals surface area contributed by atoms with E-state index in [9.17, 15) is 13.6 Å². The summed E-state index contributed by atoms with van der Waals surface area (Å²) in [5, 5.41) is 2.88. The maximum Gasteiger partial charge on any atom is 0.275 e. The Morgan fingerprint density at radius 3 is 2.12 bits per heavy atom. The third-order valence-electron chi connectivity index (χ3n) is 4.48. The molecule has 2 N–H and O–H groups in total. The molecule has 0 atom stereocenters. The van der Waals surface area contributed by atoms with Crippen molar-refractivity contribution >= 4 is 11.6 Å². The zero-order chi connectivity index (χ0) is 17.6. The topological polar surface area (TPSA) is 36.8 Å². The molecule has 4 nitrogen and oxygen atoms in total. The van der Waals surface area contributed by atoms with Gasteiger partial charge in [-0.2, -0.15) is 0 Å². The lowest BCUT2D eigenvalue weighted by Gasteiger charge is -2.33. The van der Waals surface area contributed by atoms with Crippen LogP contribution < -0.4 is 15.1 Å². The molecule has 1 aliphatic rings. The summed E-state index contributed by atoms with van der Waals surface area (Å²) in [5.74, 6) is -0.515. The number of nitrogens with zero attached hydrogens (tertiary/aromatic N) is 1. The second-order valence-electron chi connectivity index (χ2n) is 6.29. The van der Waals surface area contributed by atoms with E-state index in [1.54, 1.807) is 24.3 Å². The minimum atomic E-state index is -0.279. The molecule has 0 aromatic heterocycles. The fourth-order valence-electron chi connectivity index (χ4n) is 3.00. The van der Waals surface area contributed by atoms with E-state index < -0.39 is 0 Å². The van der Waals surface area contributed by atoms with Crippen molar-refractivity contribution in [2.75, 3.05) is 37.6 Å². The maximum absolute atomic E-state index is 13.0. The summed E-state index contributed by atoms with van der Waals surface area (Å²) in [6.45, 7) is 4.24. The number of nitrogens with one attached hydrogen (secondary N) is 2. The number of carbonyl (C=O) groups excluding carboxylic acids is 1. The molecule has 0 spiro atoms. The molecule has 0 radical (unpaired) electrons. The van der Waals surface area contributed by atoms with Crippen molar-refractivity contribution in [3.63, 3.8) is 0 Å². The zero-order valence-electron chi connectivity index (χ0n) is 14.0. The Morgan fingerprint density at radius 1 is 0.960 bits per heavy atom. The van der Waals surface area contributed by atoms with Gasteiger partial charge in [0.2, 0.25) is 0 Å². The summed E-state index contributed by atoms with van der Waals surface area (Å²) in [6.07, 6.45) is 0. The van der Waals surface area contributed by atoms with Crippen molar-refractivity contribution < 1.29 is 18.5 Å². The van der Waals surface area contributed by atoms with Crippen molar-refractivity contribution in [3.05, 3.63) is 65.7 Å². The standard InChI is InChI=1S/C19H21F2N3O/c20-16-3-1-15(2-4-16)13-22-19(25)14-23-9-11-24(12-10-23)18-7-5-17(21)6-8-18/h1-8H,9-14H2,(H,22,25)/p+1. The van der Waals surface area contributed by atoms with Crippen molar-refractivity contribution in [1.82, 2.24) is 5.32 Å². The second kappa shape index (κ2) is 8.07. The van der Waals surface area contributed by atoms with Crippen LogP contribution in [-0.2, 0) is 11.3 Å². The average molecular weight is 346 g/mol. The van der Waals surface area contributed by atoms with Crippen LogP contribution in [0.1, 0.15) is 5.56 Å². The second-order valence-corrected chi connectivity index (χ2v) is 6.29. The first-order valence-electron chi connectivity index (χ1n) is 8.45. The van der Waals surface area contributed by atoms with E-state index >= 15 is 0 Å². The number of carbonyl (C=O) groups is 1. The lowest BCUT2D eigenvalue weighted by molar-refractivity contribution is -0.892. The molecule has 0 unspecified atom stereocenters. The van der Waals surface area contributed by atoms with Crippen molar-refractivity contribution in [2.45, 2.75) is 6.54 Å². The van der Waals surface area contributed by atoms with Crippen LogP contribution in [0.4, 0.5) is 14.5 Å². The third-order valence-corrected chi connectivity index (χ3v) is 4.48. The molecule has 1 aliphatic heterocycles. The number of anilines is 1. The molecule has 0 aliphatic carbocycles. The van der Waals surface area contributed by atoms with Crippen LogP contribution in [-0.4, -0.2) is 38.6 Å². The van der Waals surface area contributed by atoms with Crippen LogP contribution in [0.5, 0.6) is 0 Å². The van der Waals surface area contributed by atoms with E-state index in [1.807, 2.05) is 0 Å². The highest BCUT2D eigenvalue weighted by Gasteiger charge is 2.22. The Hall–Kier alpha value is -2.47. The molecule has 25 heavy (non-hydrogen) atoms. The molecule has 1 heterocycles. The summed E-state index contributed by atoms with van der Waals surface area (Å²) in [4.78, 5) is 15.5. The largest absolute Gasteiger partial charge is 0.360 e. The first-order valence-corrected chi connectivity index (χ1v) is 8.45. The van der Waals surface area contributed by atoms with Gasteiger partial charge in [0, 0.05) is 12.2 Å². The van der Waals surface area contributed by atoms with Gasteiger partial charge in [-0.1, -0.05) is 12.1 Å². The van der Waals surface area contributed by atoms with E-state index in [4.69, 9.17) is 0 Å². The van der Waals surface area contributed by atoms with E-state index in [0.717, 1.165) is 37.4 Å². The van der Waals surface area contributed by atoms with Crippen LogP contribution in [0.2, 0.25) is 0 Å². The summed E-state index contributed by atoms with van der Waals surface area (Å²) in [5.41, 5.74) is 1.90. The maximum atomic E-state index is 13.0. The Kier molecular flexibility index (Phi) is 5.60. The number of halogens is 2. The van der Waals surface area contributed by atoms with Gasteiger partial charge in [0.15, 0.2) is 6.54 Å². The minimum Gasteiger partial charge on any atom is -0.360 e. The van der Waals surface area contributed by atoms with Gasteiger partial charge in [0.05, 0.1) is 26.2 Å². The summed E-state index contributed by atoms with van der Waals surface area (Å²) in [7, 11) is 0. The van der Waals surface area contributed by atoms with Crippen molar-refractivity contribution in [1.29, 1.82) is 0 Å². The molecule has 1 fully saturated rings. The minimum absolute atomic E-state index is 0.00504. The number of amides is 1. The summed E-state index contributed by atoms with van der Waals surface area (Å²) >= 11 is 0. The quantitative estimate of drug-likeness (QED) is 0.847. The third kappa shape index (κ3) is 5.00. The van der Waals surface area contributed by atoms with Gasteiger partial charge in [-0.25, -0.2) is 8.78 Å².